The van der Waals surface area contributed by atoms with Gasteiger partial charge in [0.15, 0.2) is 5.52 Å². The fraction of sp³-hybridized carbons (Fsp3) is 0. The van der Waals surface area contributed by atoms with Gasteiger partial charge in [-0.15, -0.1) is 0 Å². The van der Waals surface area contributed by atoms with Crippen molar-refractivity contribution in [3.63, 3.8) is 0 Å². The highest BCUT2D eigenvalue weighted by molar-refractivity contribution is 6.26. The molecule has 0 saturated carbocycles. The summed E-state index contributed by atoms with van der Waals surface area (Å²) >= 11 is 0. The fourth-order valence-corrected chi connectivity index (χ4v) is 3.78. The summed E-state index contributed by atoms with van der Waals surface area (Å²) in [4.78, 5) is 65.6. The Morgan fingerprint density at radius 1 is 0.417 bits per heavy atom. The summed E-state index contributed by atoms with van der Waals surface area (Å²) in [6.45, 7) is 0. The highest BCUT2D eigenvalue weighted by Crippen LogP contribution is 2.45. The monoisotopic (exact) mass is 499 g/mol. The standard InChI is InChI=1S/C17H5N7O12/c25-19(26)11-1-6-7-2-13(21(29)30)14(22(31)32)4-9(7)16-10(8(6)3-12(11)20(27)28)5-15(23(33)34)17(18-16)24(35)36/h1-5H. The summed E-state index contributed by atoms with van der Waals surface area (Å²) in [6, 6.07) is 3.30. The zero-order valence-corrected chi connectivity index (χ0v) is 16.9. The molecule has 0 unspecified atom stereocenters. The van der Waals surface area contributed by atoms with Crippen molar-refractivity contribution in [2.45, 2.75) is 0 Å². The molecule has 0 radical (unpaired) electrons. The smallest absolute Gasteiger partial charge is 0.358 e. The van der Waals surface area contributed by atoms with E-state index in [0.29, 0.717) is 30.3 Å². The molecular formula is C17H5N7O12. The summed E-state index contributed by atoms with van der Waals surface area (Å²) in [6.07, 6.45) is 0. The van der Waals surface area contributed by atoms with Crippen molar-refractivity contribution in [1.82, 2.24) is 4.98 Å². The van der Waals surface area contributed by atoms with E-state index in [9.17, 15) is 60.7 Å². The van der Waals surface area contributed by atoms with E-state index in [1.807, 2.05) is 0 Å². The summed E-state index contributed by atoms with van der Waals surface area (Å²) < 4.78 is 0. The zero-order valence-electron chi connectivity index (χ0n) is 16.9. The average molecular weight is 499 g/mol. The van der Waals surface area contributed by atoms with Gasteiger partial charge in [-0.2, -0.15) is 0 Å². The Bertz CT molecular complexity index is 1410. The van der Waals surface area contributed by atoms with Gasteiger partial charge < -0.3 is 10.1 Å². The Labute approximate surface area is 193 Å². The number of nitrogens with zero attached hydrogens (tertiary/aromatic N) is 7. The molecule has 4 rings (SSSR count). The van der Waals surface area contributed by atoms with Crippen LogP contribution in [0.15, 0.2) is 30.3 Å². The van der Waals surface area contributed by atoms with Gasteiger partial charge in [-0.25, -0.2) is 0 Å². The molecule has 3 aromatic carbocycles. The van der Waals surface area contributed by atoms with Crippen molar-refractivity contribution in [2.75, 3.05) is 0 Å². The maximum atomic E-state index is 11.5. The van der Waals surface area contributed by atoms with E-state index in [4.69, 9.17) is 0 Å². The van der Waals surface area contributed by atoms with Gasteiger partial charge in [0.25, 0.3) is 0 Å². The van der Waals surface area contributed by atoms with Crippen molar-refractivity contribution in [2.24, 2.45) is 0 Å². The van der Waals surface area contributed by atoms with Crippen LogP contribution in [0.4, 0.5) is 34.3 Å². The van der Waals surface area contributed by atoms with Crippen molar-refractivity contribution in [1.29, 1.82) is 0 Å². The predicted molar refractivity (Wildman–Crippen MR) is 117 cm³/mol. The molecular weight excluding hydrogens is 494 g/mol. The molecule has 0 saturated heterocycles. The van der Waals surface area contributed by atoms with Gasteiger partial charge in [0.05, 0.1) is 24.6 Å². The second-order valence-electron chi connectivity index (χ2n) is 7.04. The van der Waals surface area contributed by atoms with Crippen LogP contribution in [0.1, 0.15) is 0 Å². The van der Waals surface area contributed by atoms with Crippen molar-refractivity contribution in [3.8, 4) is 0 Å². The van der Waals surface area contributed by atoms with Gasteiger partial charge in [0.1, 0.15) is 0 Å². The largest absolute Gasteiger partial charge is 0.443 e. The van der Waals surface area contributed by atoms with E-state index in [2.05, 4.69) is 4.98 Å². The molecule has 0 aliphatic heterocycles. The topological polar surface area (TPSA) is 272 Å². The van der Waals surface area contributed by atoms with Crippen molar-refractivity contribution < 1.29 is 29.5 Å². The van der Waals surface area contributed by atoms with E-state index in [1.54, 1.807) is 0 Å². The molecule has 0 aliphatic carbocycles. The molecule has 180 valence electrons. The van der Waals surface area contributed by atoms with Crippen LogP contribution in [0.25, 0.3) is 32.4 Å². The number of nitro groups is 6. The molecule has 0 fully saturated rings. The Morgan fingerprint density at radius 3 is 1.00 bits per heavy atom. The van der Waals surface area contributed by atoms with Crippen molar-refractivity contribution >= 4 is 66.7 Å². The second kappa shape index (κ2) is 7.79. The Kier molecular flexibility index (Phi) is 5.01. The first kappa shape index (κ1) is 23.2. The first-order chi connectivity index (χ1) is 16.8. The lowest BCUT2D eigenvalue weighted by Crippen LogP contribution is -2.02. The minimum absolute atomic E-state index is 0.280. The minimum Gasteiger partial charge on any atom is -0.358 e. The average Bonchev–Trinajstić information content (AvgIpc) is 2.81. The Balaban J connectivity index is 2.42. The normalized spacial score (nSPS) is 11.0. The first-order valence-corrected chi connectivity index (χ1v) is 9.12. The van der Waals surface area contributed by atoms with Gasteiger partial charge in [-0.1, -0.05) is 0 Å². The lowest BCUT2D eigenvalue weighted by molar-refractivity contribution is -0.425. The quantitative estimate of drug-likeness (QED) is 0.206. The molecule has 0 spiro atoms. The molecule has 4 aromatic rings. The predicted octanol–water partition coefficient (Wildman–Crippen LogP) is 3.99. The third-order valence-corrected chi connectivity index (χ3v) is 5.20. The molecule has 0 amide bonds. The fourth-order valence-electron chi connectivity index (χ4n) is 3.78. The van der Waals surface area contributed by atoms with E-state index in [0.717, 1.165) is 0 Å². The van der Waals surface area contributed by atoms with Crippen LogP contribution in [0.5, 0.6) is 0 Å². The number of nitro benzene ring substituents is 4. The molecule has 1 heterocycles. The SMILES string of the molecule is O=[N+]([O-])c1cc2c3cc([N+](=O)[O-])c([N+](=O)[O-])cc3c3nc([N+](=O)[O-])c([N+](=O)[O-])cc3c2cc1[N+](=O)[O-]. The lowest BCUT2D eigenvalue weighted by atomic mass is 9.94. The molecule has 36 heavy (non-hydrogen) atoms. The molecule has 19 heteroatoms. The maximum Gasteiger partial charge on any atom is 0.443 e. The summed E-state index contributed by atoms with van der Waals surface area (Å²) in [5, 5.41) is 67.2. The first-order valence-electron chi connectivity index (χ1n) is 9.12. The van der Waals surface area contributed by atoms with Gasteiger partial charge in [0.2, 0.25) is 0 Å². The summed E-state index contributed by atoms with van der Waals surface area (Å²) in [5.41, 5.74) is -5.83. The molecule has 0 bridgehead atoms. The summed E-state index contributed by atoms with van der Waals surface area (Å²) in [7, 11) is 0. The van der Waals surface area contributed by atoms with Gasteiger partial charge in [-0.05, 0) is 15.3 Å². The number of hydrogen-bond acceptors (Lipinski definition) is 13. The molecule has 0 aliphatic rings. The van der Waals surface area contributed by atoms with Crippen LogP contribution in [-0.4, -0.2) is 34.5 Å². The van der Waals surface area contributed by atoms with E-state index in [1.165, 1.54) is 0 Å². The number of fused-ring (bicyclic) bond motifs is 6. The lowest BCUT2D eigenvalue weighted by Gasteiger charge is -2.08. The third-order valence-electron chi connectivity index (χ3n) is 5.20. The zero-order chi connectivity index (χ0) is 26.6. The van der Waals surface area contributed by atoms with Crippen LogP contribution in [-0.2, 0) is 0 Å². The second-order valence-corrected chi connectivity index (χ2v) is 7.04. The molecule has 19 nitrogen and oxygen atoms in total. The van der Waals surface area contributed by atoms with Crippen molar-refractivity contribution in [3.05, 3.63) is 91.0 Å². The number of hydrogen-bond donors (Lipinski definition) is 0. The van der Waals surface area contributed by atoms with Crippen LogP contribution in [0.3, 0.4) is 0 Å². The Hall–Kier alpha value is -6.01. The van der Waals surface area contributed by atoms with Gasteiger partial charge in [-0.3, -0.25) is 50.6 Å². The molecule has 0 atom stereocenters. The van der Waals surface area contributed by atoms with Crippen LogP contribution in [0, 0.1) is 60.7 Å². The van der Waals surface area contributed by atoms with Gasteiger partial charge in [0, 0.05) is 51.9 Å². The molecule has 0 N–H and O–H groups in total. The number of benzene rings is 3. The highest BCUT2D eigenvalue weighted by atomic mass is 16.7. The number of aromatic nitrogens is 1. The van der Waals surface area contributed by atoms with E-state index < -0.39 is 69.3 Å². The molecule has 1 aromatic heterocycles. The van der Waals surface area contributed by atoms with E-state index >= 15 is 0 Å². The highest BCUT2D eigenvalue weighted by Gasteiger charge is 2.34. The number of pyridine rings is 1. The van der Waals surface area contributed by atoms with Gasteiger partial charge >= 0.3 is 34.3 Å². The van der Waals surface area contributed by atoms with Crippen LogP contribution >= 0.6 is 0 Å². The summed E-state index contributed by atoms with van der Waals surface area (Å²) in [5.74, 6) is -1.27. The van der Waals surface area contributed by atoms with Crippen LogP contribution in [0.2, 0.25) is 0 Å². The van der Waals surface area contributed by atoms with Crippen LogP contribution < -0.4 is 0 Å². The number of rotatable bonds is 6. The van der Waals surface area contributed by atoms with E-state index in [-0.39, 0.29) is 26.9 Å². The minimum atomic E-state index is -1.27. The maximum absolute atomic E-state index is 11.5. The Morgan fingerprint density at radius 2 is 0.694 bits per heavy atom. The third kappa shape index (κ3) is 3.35.